The Morgan fingerprint density at radius 2 is 1.89 bits per heavy atom. The average Bonchev–Trinajstić information content (AvgIpc) is 2.61. The number of hydrogen-bond donors (Lipinski definition) is 4. The van der Waals surface area contributed by atoms with Gasteiger partial charge in [-0.1, -0.05) is 26.0 Å². The van der Waals surface area contributed by atoms with Crippen molar-refractivity contribution >= 4 is 23.7 Å². The highest BCUT2D eigenvalue weighted by Crippen LogP contribution is 2.18. The van der Waals surface area contributed by atoms with Gasteiger partial charge in [0.2, 0.25) is 11.8 Å². The van der Waals surface area contributed by atoms with E-state index in [1.54, 1.807) is 32.0 Å². The molecule has 0 aromatic heterocycles. The minimum Gasteiger partial charge on any atom is -0.491 e. The zero-order chi connectivity index (χ0) is 20.0. The largest absolute Gasteiger partial charge is 0.491 e. The first-order valence-corrected chi connectivity index (χ1v) is 8.62. The summed E-state index contributed by atoms with van der Waals surface area (Å²) in [6.07, 6.45) is -0.499. The van der Waals surface area contributed by atoms with Gasteiger partial charge in [-0.25, -0.2) is 4.79 Å². The Hall–Kier alpha value is -3.10. The van der Waals surface area contributed by atoms with Crippen LogP contribution in [0.15, 0.2) is 24.3 Å². The molecule has 4 N–H and O–H groups in total. The molecule has 1 heterocycles. The molecule has 1 aromatic carbocycles. The summed E-state index contributed by atoms with van der Waals surface area (Å²) in [5.41, 5.74) is 0.146. The number of carbonyl (C=O) groups is 4. The summed E-state index contributed by atoms with van der Waals surface area (Å²) in [6.45, 7) is 3.82. The molecule has 1 aromatic rings. The number of carboxylic acid groups (broad SMARTS) is 1. The number of fused-ring (bicyclic) bond motifs is 1. The van der Waals surface area contributed by atoms with Crippen LogP contribution in [-0.2, 0) is 14.4 Å². The third kappa shape index (κ3) is 5.44. The lowest BCUT2D eigenvalue weighted by molar-refractivity contribution is -0.141. The minimum atomic E-state index is -1.44. The number of amides is 3. The van der Waals surface area contributed by atoms with Gasteiger partial charge in [-0.2, -0.15) is 0 Å². The highest BCUT2D eigenvalue weighted by Gasteiger charge is 2.29. The molecule has 0 fully saturated rings. The highest BCUT2D eigenvalue weighted by atomic mass is 16.5. The first kappa shape index (κ1) is 20.2. The summed E-state index contributed by atoms with van der Waals surface area (Å²) in [5, 5.41) is 16.9. The maximum absolute atomic E-state index is 12.5. The number of rotatable bonds is 2. The standard InChI is InChI=1S/C18H23N3O6/c1-10(2)15-17(24)19-7-8-27-13-6-4-3-5-11(13)16(23)20-12(18(25)26)9-14(22)21-15/h3-6,10,12,15H,7-9H2,1-2H3,(H,19,24)(H,20,23)(H,21,22)(H,25,26)/t12-,15-/m0/s1. The second-order valence-corrected chi connectivity index (χ2v) is 6.49. The second kappa shape index (κ2) is 9.02. The lowest BCUT2D eigenvalue weighted by Gasteiger charge is -2.23. The second-order valence-electron chi connectivity index (χ2n) is 6.49. The van der Waals surface area contributed by atoms with Gasteiger partial charge in [-0.05, 0) is 18.1 Å². The predicted molar refractivity (Wildman–Crippen MR) is 95.2 cm³/mol. The number of para-hydroxylation sites is 1. The third-order valence-corrected chi connectivity index (χ3v) is 4.05. The molecular formula is C18H23N3O6. The van der Waals surface area contributed by atoms with Crippen LogP contribution in [-0.4, -0.2) is 54.0 Å². The van der Waals surface area contributed by atoms with E-state index in [0.717, 1.165) is 0 Å². The zero-order valence-corrected chi connectivity index (χ0v) is 15.2. The average molecular weight is 377 g/mol. The van der Waals surface area contributed by atoms with Gasteiger partial charge in [0.25, 0.3) is 5.91 Å². The highest BCUT2D eigenvalue weighted by molar-refractivity contribution is 6.00. The van der Waals surface area contributed by atoms with E-state index < -0.39 is 36.3 Å². The summed E-state index contributed by atoms with van der Waals surface area (Å²) in [4.78, 5) is 48.5. The number of aliphatic carboxylic acids is 1. The Labute approximate surface area is 156 Å². The summed E-state index contributed by atoms with van der Waals surface area (Å²) < 4.78 is 5.55. The van der Waals surface area contributed by atoms with E-state index in [4.69, 9.17) is 4.74 Å². The Balaban J connectivity index is 2.31. The number of ether oxygens (including phenoxy) is 1. The Morgan fingerprint density at radius 1 is 1.19 bits per heavy atom. The van der Waals surface area contributed by atoms with Crippen LogP contribution < -0.4 is 20.7 Å². The van der Waals surface area contributed by atoms with Crippen molar-refractivity contribution in [2.24, 2.45) is 5.92 Å². The minimum absolute atomic E-state index is 0.108. The van der Waals surface area contributed by atoms with Crippen molar-refractivity contribution in [2.45, 2.75) is 32.4 Å². The molecule has 1 aliphatic rings. The van der Waals surface area contributed by atoms with Gasteiger partial charge in [0.05, 0.1) is 18.5 Å². The molecule has 9 heteroatoms. The lowest BCUT2D eigenvalue weighted by atomic mass is 10.0. The van der Waals surface area contributed by atoms with Crippen molar-refractivity contribution in [1.29, 1.82) is 0 Å². The van der Waals surface area contributed by atoms with Crippen LogP contribution in [0.4, 0.5) is 0 Å². The van der Waals surface area contributed by atoms with Crippen molar-refractivity contribution in [2.75, 3.05) is 13.2 Å². The summed E-state index contributed by atoms with van der Waals surface area (Å²) in [6, 6.07) is 4.08. The Morgan fingerprint density at radius 3 is 2.56 bits per heavy atom. The van der Waals surface area contributed by atoms with Gasteiger partial charge in [0.15, 0.2) is 0 Å². The third-order valence-electron chi connectivity index (χ3n) is 4.05. The van der Waals surface area contributed by atoms with Crippen molar-refractivity contribution in [3.63, 3.8) is 0 Å². The van der Waals surface area contributed by atoms with Crippen molar-refractivity contribution in [3.8, 4) is 5.75 Å². The van der Waals surface area contributed by atoms with Gasteiger partial charge >= 0.3 is 5.97 Å². The Bertz CT molecular complexity index is 734. The number of carboxylic acids is 1. The smallest absolute Gasteiger partial charge is 0.326 e. The quantitative estimate of drug-likeness (QED) is 0.569. The maximum Gasteiger partial charge on any atom is 0.326 e. The summed E-state index contributed by atoms with van der Waals surface area (Å²) in [7, 11) is 0. The molecule has 1 aliphatic heterocycles. The van der Waals surface area contributed by atoms with E-state index in [2.05, 4.69) is 16.0 Å². The number of hydrogen-bond acceptors (Lipinski definition) is 5. The molecule has 2 rings (SSSR count). The van der Waals surface area contributed by atoms with Gasteiger partial charge in [-0.3, -0.25) is 14.4 Å². The topological polar surface area (TPSA) is 134 Å². The van der Waals surface area contributed by atoms with Gasteiger partial charge < -0.3 is 25.8 Å². The van der Waals surface area contributed by atoms with E-state index in [9.17, 15) is 24.3 Å². The lowest BCUT2D eigenvalue weighted by Crippen LogP contribution is -2.52. The van der Waals surface area contributed by atoms with E-state index in [1.807, 2.05) is 0 Å². The first-order valence-electron chi connectivity index (χ1n) is 8.62. The van der Waals surface area contributed by atoms with Crippen LogP contribution in [0.1, 0.15) is 30.6 Å². The Kier molecular flexibility index (Phi) is 6.75. The number of carbonyl (C=O) groups excluding carboxylic acids is 3. The van der Waals surface area contributed by atoms with Gasteiger partial charge in [0.1, 0.15) is 24.4 Å². The normalized spacial score (nSPS) is 21.8. The molecular weight excluding hydrogens is 354 g/mol. The summed E-state index contributed by atoms with van der Waals surface area (Å²) in [5.74, 6) is -2.99. The molecule has 0 saturated carbocycles. The molecule has 3 amide bonds. The first-order chi connectivity index (χ1) is 12.8. The van der Waals surface area contributed by atoms with Crippen LogP contribution in [0.5, 0.6) is 5.75 Å². The fourth-order valence-electron chi connectivity index (χ4n) is 2.61. The number of nitrogens with one attached hydrogen (secondary N) is 3. The zero-order valence-electron chi connectivity index (χ0n) is 15.2. The molecule has 0 bridgehead atoms. The molecule has 0 saturated heterocycles. The molecule has 9 nitrogen and oxygen atoms in total. The number of benzene rings is 1. The summed E-state index contributed by atoms with van der Waals surface area (Å²) >= 11 is 0. The van der Waals surface area contributed by atoms with Crippen LogP contribution >= 0.6 is 0 Å². The van der Waals surface area contributed by atoms with Crippen LogP contribution in [0.25, 0.3) is 0 Å². The molecule has 0 unspecified atom stereocenters. The van der Waals surface area contributed by atoms with E-state index >= 15 is 0 Å². The molecule has 0 radical (unpaired) electrons. The van der Waals surface area contributed by atoms with Crippen LogP contribution in [0, 0.1) is 5.92 Å². The molecule has 2 atom stereocenters. The molecule has 27 heavy (non-hydrogen) atoms. The SMILES string of the molecule is CC(C)[C@@H]1NC(=O)C[C@@H](C(=O)O)NC(=O)c2ccccc2OCCNC1=O. The monoisotopic (exact) mass is 377 g/mol. The molecule has 0 aliphatic carbocycles. The fourth-order valence-corrected chi connectivity index (χ4v) is 2.61. The van der Waals surface area contributed by atoms with Crippen LogP contribution in [0.3, 0.4) is 0 Å². The predicted octanol–water partition coefficient (Wildman–Crippen LogP) is -0.0909. The fraction of sp³-hybridized carbons (Fsp3) is 0.444. The molecule has 0 spiro atoms. The van der Waals surface area contributed by atoms with Gasteiger partial charge in [-0.15, -0.1) is 0 Å². The van der Waals surface area contributed by atoms with Gasteiger partial charge in [0, 0.05) is 0 Å². The van der Waals surface area contributed by atoms with E-state index in [1.165, 1.54) is 6.07 Å². The van der Waals surface area contributed by atoms with Crippen LogP contribution in [0.2, 0.25) is 0 Å². The molecule has 146 valence electrons. The van der Waals surface area contributed by atoms with Crippen molar-refractivity contribution in [1.82, 2.24) is 16.0 Å². The van der Waals surface area contributed by atoms with Crippen molar-refractivity contribution < 1.29 is 29.0 Å². The van der Waals surface area contributed by atoms with E-state index in [-0.39, 0.29) is 36.3 Å². The van der Waals surface area contributed by atoms with E-state index in [0.29, 0.717) is 0 Å². The maximum atomic E-state index is 12.5. The van der Waals surface area contributed by atoms with Crippen molar-refractivity contribution in [3.05, 3.63) is 29.8 Å².